The maximum atomic E-state index is 13.2. The van der Waals surface area contributed by atoms with Gasteiger partial charge in [-0.3, -0.25) is 9.78 Å². The van der Waals surface area contributed by atoms with Gasteiger partial charge >= 0.3 is 0 Å². The summed E-state index contributed by atoms with van der Waals surface area (Å²) in [6.45, 7) is 0.178. The zero-order valence-electron chi connectivity index (χ0n) is 17.3. The van der Waals surface area contributed by atoms with Crippen LogP contribution in [0.5, 0.6) is 5.75 Å². The summed E-state index contributed by atoms with van der Waals surface area (Å²) in [4.78, 5) is 16.5. The van der Waals surface area contributed by atoms with Gasteiger partial charge in [-0.2, -0.15) is 4.31 Å². The fourth-order valence-electron chi connectivity index (χ4n) is 3.02. The molecule has 3 rings (SSSR count). The Morgan fingerprint density at radius 3 is 2.39 bits per heavy atom. The highest BCUT2D eigenvalue weighted by atomic mass is 32.2. The number of sulfonamides is 1. The number of pyridine rings is 1. The minimum absolute atomic E-state index is 0.0422. The maximum absolute atomic E-state index is 13.2. The molecule has 0 aliphatic rings. The largest absolute Gasteiger partial charge is 0.497 e. The number of aromatic nitrogens is 1. The molecule has 0 bridgehead atoms. The van der Waals surface area contributed by atoms with E-state index in [2.05, 4.69) is 10.3 Å². The fourth-order valence-corrected chi connectivity index (χ4v) is 4.37. The second kappa shape index (κ2) is 10.7. The third-order valence-electron chi connectivity index (χ3n) is 4.69. The average Bonchev–Trinajstić information content (AvgIpc) is 2.80. The number of nitrogens with zero attached hydrogens (tertiary/aromatic N) is 2. The van der Waals surface area contributed by atoms with Crippen LogP contribution < -0.4 is 10.1 Å². The highest BCUT2D eigenvalue weighted by Gasteiger charge is 2.27. The van der Waals surface area contributed by atoms with Crippen LogP contribution in [-0.4, -0.2) is 43.8 Å². The van der Waals surface area contributed by atoms with Crippen molar-refractivity contribution in [2.45, 2.75) is 17.9 Å². The van der Waals surface area contributed by atoms with E-state index in [0.717, 1.165) is 15.4 Å². The van der Waals surface area contributed by atoms with Gasteiger partial charge in [-0.25, -0.2) is 8.42 Å². The number of methoxy groups -OCH3 is 1. The summed E-state index contributed by atoms with van der Waals surface area (Å²) in [6.07, 6.45) is 3.45. The lowest BCUT2D eigenvalue weighted by molar-refractivity contribution is -0.121. The Morgan fingerprint density at radius 1 is 1.00 bits per heavy atom. The molecular formula is C23H25N3O4S. The number of benzene rings is 2. The van der Waals surface area contributed by atoms with Crippen molar-refractivity contribution in [1.29, 1.82) is 0 Å². The molecule has 162 valence electrons. The van der Waals surface area contributed by atoms with Crippen molar-refractivity contribution in [3.63, 3.8) is 0 Å². The van der Waals surface area contributed by atoms with Gasteiger partial charge in [-0.15, -0.1) is 0 Å². The molecule has 8 heteroatoms. The van der Waals surface area contributed by atoms with Crippen molar-refractivity contribution >= 4 is 15.9 Å². The highest BCUT2D eigenvalue weighted by Crippen LogP contribution is 2.19. The van der Waals surface area contributed by atoms with Crippen LogP contribution in [0.4, 0.5) is 0 Å². The second-order valence-corrected chi connectivity index (χ2v) is 8.83. The van der Waals surface area contributed by atoms with Crippen LogP contribution in [0.25, 0.3) is 0 Å². The molecule has 0 saturated heterocycles. The first-order valence-electron chi connectivity index (χ1n) is 9.83. The molecule has 1 amide bonds. The lowest BCUT2D eigenvalue weighted by Crippen LogP contribution is -2.40. The predicted molar refractivity (Wildman–Crippen MR) is 118 cm³/mol. The number of carbonyl (C=O) groups excluding carboxylic acids is 1. The summed E-state index contributed by atoms with van der Waals surface area (Å²) >= 11 is 0. The summed E-state index contributed by atoms with van der Waals surface area (Å²) in [6, 6.07) is 19.9. The number of hydrogen-bond donors (Lipinski definition) is 1. The van der Waals surface area contributed by atoms with Crippen LogP contribution in [0.3, 0.4) is 0 Å². The quantitative estimate of drug-likeness (QED) is 0.525. The van der Waals surface area contributed by atoms with Gasteiger partial charge < -0.3 is 10.1 Å². The molecule has 0 spiro atoms. The van der Waals surface area contributed by atoms with Gasteiger partial charge in [0.2, 0.25) is 15.9 Å². The number of rotatable bonds is 10. The topological polar surface area (TPSA) is 88.6 Å². The molecule has 0 aliphatic heterocycles. The molecule has 7 nitrogen and oxygen atoms in total. The van der Waals surface area contributed by atoms with Crippen molar-refractivity contribution in [2.75, 3.05) is 20.2 Å². The minimum atomic E-state index is -3.91. The first-order valence-corrected chi connectivity index (χ1v) is 11.3. The average molecular weight is 440 g/mol. The third kappa shape index (κ3) is 6.37. The molecule has 0 unspecified atom stereocenters. The normalized spacial score (nSPS) is 11.3. The lowest BCUT2D eigenvalue weighted by Gasteiger charge is -2.22. The number of carbonyl (C=O) groups is 1. The number of ether oxygens (including phenoxy) is 1. The Kier molecular flexibility index (Phi) is 7.75. The first kappa shape index (κ1) is 22.5. The molecule has 1 N–H and O–H groups in total. The molecule has 0 fully saturated rings. The van der Waals surface area contributed by atoms with Gasteiger partial charge in [0.1, 0.15) is 10.6 Å². The van der Waals surface area contributed by atoms with E-state index in [1.165, 1.54) is 18.5 Å². The second-order valence-electron chi connectivity index (χ2n) is 6.90. The van der Waals surface area contributed by atoms with Crippen LogP contribution in [0.2, 0.25) is 0 Å². The van der Waals surface area contributed by atoms with Crippen molar-refractivity contribution in [1.82, 2.24) is 14.6 Å². The van der Waals surface area contributed by atoms with E-state index >= 15 is 0 Å². The minimum Gasteiger partial charge on any atom is -0.497 e. The monoisotopic (exact) mass is 439 g/mol. The Bertz CT molecular complexity index is 1070. The highest BCUT2D eigenvalue weighted by molar-refractivity contribution is 7.89. The zero-order valence-corrected chi connectivity index (χ0v) is 18.1. The van der Waals surface area contributed by atoms with Crippen LogP contribution in [0, 0.1) is 0 Å². The number of nitrogens with one attached hydrogen (secondary N) is 1. The van der Waals surface area contributed by atoms with Crippen molar-refractivity contribution in [2.24, 2.45) is 0 Å². The van der Waals surface area contributed by atoms with E-state index in [0.29, 0.717) is 18.7 Å². The van der Waals surface area contributed by atoms with E-state index in [1.54, 1.807) is 37.4 Å². The van der Waals surface area contributed by atoms with E-state index in [4.69, 9.17) is 4.74 Å². The third-order valence-corrected chi connectivity index (χ3v) is 6.46. The molecule has 0 radical (unpaired) electrons. The first-order chi connectivity index (χ1) is 15.0. The van der Waals surface area contributed by atoms with E-state index in [9.17, 15) is 13.2 Å². The molecule has 1 heterocycles. The number of amides is 1. The number of hydrogen-bond acceptors (Lipinski definition) is 5. The van der Waals surface area contributed by atoms with E-state index in [-0.39, 0.29) is 23.9 Å². The molecule has 3 aromatic rings. The van der Waals surface area contributed by atoms with Gasteiger partial charge in [0.05, 0.1) is 13.7 Å². The SMILES string of the molecule is COc1ccc(CN(CC(=O)NCCc2ccccc2)S(=O)(=O)c2cccnc2)cc1. The summed E-state index contributed by atoms with van der Waals surface area (Å²) in [5.41, 5.74) is 1.84. The fraction of sp³-hybridized carbons (Fsp3) is 0.217. The zero-order chi connectivity index (χ0) is 22.1. The maximum Gasteiger partial charge on any atom is 0.245 e. The van der Waals surface area contributed by atoms with Gasteiger partial charge in [0, 0.05) is 25.5 Å². The standard InChI is InChI=1S/C23H25N3O4S/c1-30-21-11-9-20(10-12-21)17-26(31(28,29)22-8-5-14-24-16-22)18-23(27)25-15-13-19-6-3-2-4-7-19/h2-12,14,16H,13,15,17-18H2,1H3,(H,25,27). The summed E-state index contributed by atoms with van der Waals surface area (Å²) < 4.78 is 32.7. The van der Waals surface area contributed by atoms with Gasteiger partial charge in [-0.1, -0.05) is 42.5 Å². The smallest absolute Gasteiger partial charge is 0.245 e. The Hall–Kier alpha value is -3.23. The Morgan fingerprint density at radius 2 is 1.74 bits per heavy atom. The van der Waals surface area contributed by atoms with Crippen molar-refractivity contribution in [3.8, 4) is 5.75 Å². The van der Waals surface area contributed by atoms with Crippen LogP contribution >= 0.6 is 0 Å². The van der Waals surface area contributed by atoms with Crippen molar-refractivity contribution < 1.29 is 17.9 Å². The molecule has 0 aliphatic carbocycles. The van der Waals surface area contributed by atoms with E-state index < -0.39 is 10.0 Å². The van der Waals surface area contributed by atoms with Crippen LogP contribution in [0.1, 0.15) is 11.1 Å². The van der Waals surface area contributed by atoms with E-state index in [1.807, 2.05) is 30.3 Å². The summed E-state index contributed by atoms with van der Waals surface area (Å²) in [7, 11) is -2.35. The Labute approximate surface area is 182 Å². The van der Waals surface area contributed by atoms with Gasteiger partial charge in [0.25, 0.3) is 0 Å². The molecule has 2 aromatic carbocycles. The van der Waals surface area contributed by atoms with Gasteiger partial charge in [-0.05, 0) is 41.8 Å². The molecular weight excluding hydrogens is 414 g/mol. The Balaban J connectivity index is 1.72. The predicted octanol–water partition coefficient (Wildman–Crippen LogP) is 2.64. The molecule has 1 aromatic heterocycles. The van der Waals surface area contributed by atoms with Crippen LogP contribution in [-0.2, 0) is 27.8 Å². The molecule has 0 atom stereocenters. The lowest BCUT2D eigenvalue weighted by atomic mass is 10.1. The van der Waals surface area contributed by atoms with Crippen LogP contribution in [0.15, 0.2) is 84.0 Å². The summed E-state index contributed by atoms with van der Waals surface area (Å²) in [5, 5.41) is 2.81. The summed E-state index contributed by atoms with van der Waals surface area (Å²) in [5.74, 6) is 0.306. The van der Waals surface area contributed by atoms with Gasteiger partial charge in [0.15, 0.2) is 0 Å². The molecule has 31 heavy (non-hydrogen) atoms. The van der Waals surface area contributed by atoms with Crippen molar-refractivity contribution in [3.05, 3.63) is 90.3 Å². The molecule has 0 saturated carbocycles.